The highest BCUT2D eigenvalue weighted by Gasteiger charge is 2.36. The largest absolute Gasteiger partial charge is 0.497 e. The van der Waals surface area contributed by atoms with Gasteiger partial charge in [0.2, 0.25) is 0 Å². The molecule has 1 aromatic carbocycles. The normalized spacial score (nSPS) is 19.0. The smallest absolute Gasteiger partial charge is 0.299 e. The zero-order valence-corrected chi connectivity index (χ0v) is 12.3. The summed E-state index contributed by atoms with van der Waals surface area (Å²) in [5.74, 6) is -0.166. The third-order valence-corrected chi connectivity index (χ3v) is 4.27. The van der Waals surface area contributed by atoms with Gasteiger partial charge in [0.05, 0.1) is 18.4 Å². The van der Waals surface area contributed by atoms with E-state index in [0.29, 0.717) is 23.5 Å². The molecule has 1 saturated heterocycles. The number of benzene rings is 1. The summed E-state index contributed by atoms with van der Waals surface area (Å²) in [4.78, 5) is 28.1. The topological polar surface area (TPSA) is 49.9 Å². The van der Waals surface area contributed by atoms with Crippen LogP contribution < -0.4 is 9.64 Å². The molecule has 0 atom stereocenters. The SMILES string of the molecule is COc1ccc2c(c1)N(CCN1CCCCC1)C(=O)C2=O. The van der Waals surface area contributed by atoms with Crippen molar-refractivity contribution in [3.8, 4) is 5.75 Å². The predicted molar refractivity (Wildman–Crippen MR) is 80.0 cm³/mol. The molecule has 0 bridgehead atoms. The molecular weight excluding hydrogens is 268 g/mol. The van der Waals surface area contributed by atoms with Gasteiger partial charge in [0.25, 0.3) is 11.7 Å². The number of hydrogen-bond acceptors (Lipinski definition) is 4. The number of ketones is 1. The number of rotatable bonds is 4. The third-order valence-electron chi connectivity index (χ3n) is 4.27. The average Bonchev–Trinajstić information content (AvgIpc) is 2.77. The van der Waals surface area contributed by atoms with Crippen molar-refractivity contribution in [3.05, 3.63) is 23.8 Å². The minimum atomic E-state index is -0.421. The van der Waals surface area contributed by atoms with Gasteiger partial charge in [-0.05, 0) is 38.1 Å². The number of piperidine rings is 1. The molecule has 0 saturated carbocycles. The van der Waals surface area contributed by atoms with E-state index in [2.05, 4.69) is 4.90 Å². The van der Waals surface area contributed by atoms with Crippen molar-refractivity contribution < 1.29 is 14.3 Å². The fourth-order valence-electron chi connectivity index (χ4n) is 3.05. The van der Waals surface area contributed by atoms with Crippen LogP contribution in [0.4, 0.5) is 5.69 Å². The van der Waals surface area contributed by atoms with Crippen LogP contribution in [0.2, 0.25) is 0 Å². The lowest BCUT2D eigenvalue weighted by Gasteiger charge is -2.28. The number of Topliss-reactive ketones (excluding diaryl/α,β-unsaturated/α-hetero) is 1. The third kappa shape index (κ3) is 2.65. The van der Waals surface area contributed by atoms with Crippen molar-refractivity contribution in [1.82, 2.24) is 4.90 Å². The molecule has 0 radical (unpaired) electrons. The Labute approximate surface area is 124 Å². The molecule has 5 nitrogen and oxygen atoms in total. The molecule has 0 N–H and O–H groups in total. The fourth-order valence-corrected chi connectivity index (χ4v) is 3.05. The van der Waals surface area contributed by atoms with Gasteiger partial charge in [0, 0.05) is 19.2 Å². The van der Waals surface area contributed by atoms with Gasteiger partial charge in [-0.2, -0.15) is 0 Å². The predicted octanol–water partition coefficient (Wildman–Crippen LogP) is 1.71. The molecule has 2 heterocycles. The lowest BCUT2D eigenvalue weighted by atomic mass is 10.1. The highest BCUT2D eigenvalue weighted by molar-refractivity contribution is 6.52. The molecule has 112 valence electrons. The zero-order valence-electron chi connectivity index (χ0n) is 12.3. The van der Waals surface area contributed by atoms with E-state index in [9.17, 15) is 9.59 Å². The number of amides is 1. The molecule has 1 aromatic rings. The summed E-state index contributed by atoms with van der Waals surface area (Å²) < 4.78 is 5.19. The van der Waals surface area contributed by atoms with E-state index in [-0.39, 0.29) is 0 Å². The van der Waals surface area contributed by atoms with E-state index in [1.807, 2.05) is 0 Å². The summed E-state index contributed by atoms with van der Waals surface area (Å²) in [5.41, 5.74) is 1.17. The van der Waals surface area contributed by atoms with Gasteiger partial charge < -0.3 is 14.5 Å². The molecule has 0 aliphatic carbocycles. The van der Waals surface area contributed by atoms with E-state index in [1.54, 1.807) is 30.2 Å². The van der Waals surface area contributed by atoms with Crippen LogP contribution >= 0.6 is 0 Å². The number of anilines is 1. The number of likely N-dealkylation sites (tertiary alicyclic amines) is 1. The van der Waals surface area contributed by atoms with Crippen molar-refractivity contribution >= 4 is 17.4 Å². The van der Waals surface area contributed by atoms with Gasteiger partial charge >= 0.3 is 0 Å². The molecule has 3 rings (SSSR count). The molecule has 1 amide bonds. The summed E-state index contributed by atoms with van der Waals surface area (Å²) in [5, 5.41) is 0. The van der Waals surface area contributed by atoms with Crippen LogP contribution in [0.25, 0.3) is 0 Å². The van der Waals surface area contributed by atoms with Gasteiger partial charge in [-0.3, -0.25) is 9.59 Å². The van der Waals surface area contributed by atoms with Crippen LogP contribution in [0.3, 0.4) is 0 Å². The number of ether oxygens (including phenoxy) is 1. The summed E-state index contributed by atoms with van der Waals surface area (Å²) in [6.07, 6.45) is 3.73. The average molecular weight is 288 g/mol. The van der Waals surface area contributed by atoms with Crippen molar-refractivity contribution in [2.24, 2.45) is 0 Å². The van der Waals surface area contributed by atoms with E-state index >= 15 is 0 Å². The van der Waals surface area contributed by atoms with E-state index < -0.39 is 11.7 Å². The van der Waals surface area contributed by atoms with E-state index in [4.69, 9.17) is 4.74 Å². The molecule has 2 aliphatic rings. The Morgan fingerprint density at radius 2 is 1.86 bits per heavy atom. The minimum Gasteiger partial charge on any atom is -0.497 e. The summed E-state index contributed by atoms with van der Waals surface area (Å²) in [7, 11) is 1.58. The van der Waals surface area contributed by atoms with Crippen LogP contribution in [0.5, 0.6) is 5.75 Å². The van der Waals surface area contributed by atoms with Crippen LogP contribution in [-0.4, -0.2) is 49.9 Å². The molecule has 0 unspecified atom stereocenters. The Hall–Kier alpha value is -1.88. The summed E-state index contributed by atoms with van der Waals surface area (Å²) in [6, 6.07) is 5.17. The van der Waals surface area contributed by atoms with Crippen LogP contribution in [-0.2, 0) is 4.79 Å². The van der Waals surface area contributed by atoms with Gasteiger partial charge in [0.15, 0.2) is 0 Å². The fraction of sp³-hybridized carbons (Fsp3) is 0.500. The lowest BCUT2D eigenvalue weighted by molar-refractivity contribution is -0.114. The van der Waals surface area contributed by atoms with Crippen LogP contribution in [0.1, 0.15) is 29.6 Å². The van der Waals surface area contributed by atoms with Crippen molar-refractivity contribution in [1.29, 1.82) is 0 Å². The second-order valence-corrected chi connectivity index (χ2v) is 5.57. The van der Waals surface area contributed by atoms with Gasteiger partial charge in [-0.15, -0.1) is 0 Å². The van der Waals surface area contributed by atoms with Crippen molar-refractivity contribution in [3.63, 3.8) is 0 Å². The molecule has 21 heavy (non-hydrogen) atoms. The Bertz CT molecular complexity index is 565. The van der Waals surface area contributed by atoms with Gasteiger partial charge in [-0.1, -0.05) is 6.42 Å². The second-order valence-electron chi connectivity index (χ2n) is 5.57. The highest BCUT2D eigenvalue weighted by atomic mass is 16.5. The standard InChI is InChI=1S/C16H20N2O3/c1-21-12-5-6-13-14(11-12)18(16(20)15(13)19)10-9-17-7-3-2-4-8-17/h5-6,11H,2-4,7-10H2,1H3. The molecule has 2 aliphatic heterocycles. The van der Waals surface area contributed by atoms with Crippen LogP contribution in [0.15, 0.2) is 18.2 Å². The van der Waals surface area contributed by atoms with Crippen molar-refractivity contribution in [2.45, 2.75) is 19.3 Å². The minimum absolute atomic E-state index is 0.411. The lowest BCUT2D eigenvalue weighted by Crippen LogP contribution is -2.40. The maximum Gasteiger partial charge on any atom is 0.299 e. The first-order chi connectivity index (χ1) is 10.2. The molecule has 0 spiro atoms. The van der Waals surface area contributed by atoms with Crippen LogP contribution in [0, 0.1) is 0 Å². The quantitative estimate of drug-likeness (QED) is 0.791. The number of nitrogens with zero attached hydrogens (tertiary/aromatic N) is 2. The number of carbonyl (C=O) groups excluding carboxylic acids is 2. The maximum atomic E-state index is 12.2. The first kappa shape index (κ1) is 14.1. The number of fused-ring (bicyclic) bond motifs is 1. The number of methoxy groups -OCH3 is 1. The summed E-state index contributed by atoms with van der Waals surface area (Å²) in [6.45, 7) is 3.54. The van der Waals surface area contributed by atoms with Gasteiger partial charge in [-0.25, -0.2) is 0 Å². The number of carbonyl (C=O) groups is 2. The molecule has 5 heteroatoms. The summed E-state index contributed by atoms with van der Waals surface area (Å²) >= 11 is 0. The Morgan fingerprint density at radius 1 is 1.10 bits per heavy atom. The maximum absolute atomic E-state index is 12.2. The second kappa shape index (κ2) is 5.85. The zero-order chi connectivity index (χ0) is 14.8. The first-order valence-corrected chi connectivity index (χ1v) is 7.47. The molecule has 1 fully saturated rings. The monoisotopic (exact) mass is 288 g/mol. The van der Waals surface area contributed by atoms with Crippen molar-refractivity contribution in [2.75, 3.05) is 38.2 Å². The molecular formula is C16H20N2O3. The number of hydrogen-bond donors (Lipinski definition) is 0. The Morgan fingerprint density at radius 3 is 2.57 bits per heavy atom. The highest BCUT2D eigenvalue weighted by Crippen LogP contribution is 2.32. The van der Waals surface area contributed by atoms with E-state index in [1.165, 1.54) is 19.3 Å². The van der Waals surface area contributed by atoms with Gasteiger partial charge in [0.1, 0.15) is 5.75 Å². The Kier molecular flexibility index (Phi) is 3.92. The van der Waals surface area contributed by atoms with E-state index in [0.717, 1.165) is 19.6 Å². The Balaban J connectivity index is 1.76. The molecule has 0 aromatic heterocycles. The first-order valence-electron chi connectivity index (χ1n) is 7.47.